The van der Waals surface area contributed by atoms with Crippen molar-refractivity contribution in [3.05, 3.63) is 52.1 Å². The van der Waals surface area contributed by atoms with E-state index in [-0.39, 0.29) is 11.5 Å². The van der Waals surface area contributed by atoms with E-state index in [1.54, 1.807) is 12.3 Å². The number of nitrogen functional groups attached to an aromatic ring is 1. The van der Waals surface area contributed by atoms with E-state index in [1.165, 1.54) is 22.1 Å². The lowest BCUT2D eigenvalue weighted by Crippen LogP contribution is -2.22. The lowest BCUT2D eigenvalue weighted by atomic mass is 9.85. The molecule has 0 amide bonds. The molecule has 1 aromatic carbocycles. The van der Waals surface area contributed by atoms with Gasteiger partial charge in [-0.25, -0.2) is 4.79 Å². The first-order valence-corrected chi connectivity index (χ1v) is 6.61. The van der Waals surface area contributed by atoms with E-state index in [9.17, 15) is 4.79 Å². The fourth-order valence-electron chi connectivity index (χ4n) is 2.69. The molecule has 0 bridgehead atoms. The third-order valence-corrected chi connectivity index (χ3v) is 3.77. The van der Waals surface area contributed by atoms with Gasteiger partial charge >= 0.3 is 5.69 Å². The summed E-state index contributed by atoms with van der Waals surface area (Å²) in [7, 11) is 0. The molecule has 0 fully saturated rings. The zero-order valence-electron chi connectivity index (χ0n) is 11.0. The van der Waals surface area contributed by atoms with Crippen LogP contribution in [0.2, 0.25) is 0 Å². The van der Waals surface area contributed by atoms with Crippen molar-refractivity contribution in [3.8, 4) is 5.69 Å². The van der Waals surface area contributed by atoms with E-state index in [1.807, 2.05) is 6.07 Å². The van der Waals surface area contributed by atoms with Crippen molar-refractivity contribution in [2.75, 3.05) is 5.73 Å². The molecule has 1 aliphatic carbocycles. The van der Waals surface area contributed by atoms with Crippen molar-refractivity contribution >= 4 is 5.82 Å². The summed E-state index contributed by atoms with van der Waals surface area (Å²) in [4.78, 5) is 15.6. The Labute approximate surface area is 111 Å². The molecule has 0 saturated heterocycles. The minimum Gasteiger partial charge on any atom is -0.383 e. The van der Waals surface area contributed by atoms with E-state index in [0.717, 1.165) is 24.4 Å². The summed E-state index contributed by atoms with van der Waals surface area (Å²) in [5.74, 6) is 1.01. The van der Waals surface area contributed by atoms with E-state index in [0.29, 0.717) is 0 Å². The fraction of sp³-hybridized carbons (Fsp3) is 0.333. The zero-order chi connectivity index (χ0) is 13.4. The minimum absolute atomic E-state index is 0.257. The lowest BCUT2D eigenvalue weighted by Gasteiger charge is -2.22. The number of benzene rings is 1. The Balaban J connectivity index is 2.05. The third-order valence-electron chi connectivity index (χ3n) is 3.77. The molecule has 2 N–H and O–H groups in total. The second-order valence-corrected chi connectivity index (χ2v) is 5.31. The molecule has 0 saturated carbocycles. The van der Waals surface area contributed by atoms with Gasteiger partial charge in [-0.1, -0.05) is 13.0 Å². The summed E-state index contributed by atoms with van der Waals surface area (Å²) in [5, 5.41) is 0. The Morgan fingerprint density at radius 1 is 1.32 bits per heavy atom. The Morgan fingerprint density at radius 2 is 2.16 bits per heavy atom. The number of anilines is 1. The van der Waals surface area contributed by atoms with Gasteiger partial charge in [-0.05, 0) is 54.5 Å². The predicted octanol–water partition coefficient (Wildman–Crippen LogP) is 1.94. The number of nitrogens with two attached hydrogens (primary N) is 1. The number of fused-ring (bicyclic) bond motifs is 1. The van der Waals surface area contributed by atoms with Crippen LogP contribution in [0, 0.1) is 5.92 Å². The molecular formula is C15H17N3O. The van der Waals surface area contributed by atoms with Crippen molar-refractivity contribution in [2.45, 2.75) is 26.2 Å². The molecule has 98 valence electrons. The average molecular weight is 255 g/mol. The zero-order valence-corrected chi connectivity index (χ0v) is 11.0. The van der Waals surface area contributed by atoms with Gasteiger partial charge in [0.15, 0.2) is 0 Å². The van der Waals surface area contributed by atoms with Crippen molar-refractivity contribution in [2.24, 2.45) is 5.92 Å². The number of aromatic nitrogens is 2. The highest BCUT2D eigenvalue weighted by Gasteiger charge is 2.15. The molecule has 1 unspecified atom stereocenters. The number of hydrogen-bond donors (Lipinski definition) is 1. The second kappa shape index (κ2) is 4.53. The number of aryl methyl sites for hydroxylation is 1. The van der Waals surface area contributed by atoms with Gasteiger partial charge in [0.25, 0.3) is 0 Å². The fourth-order valence-corrected chi connectivity index (χ4v) is 2.69. The quantitative estimate of drug-likeness (QED) is 0.847. The summed E-state index contributed by atoms with van der Waals surface area (Å²) in [6.07, 6.45) is 5.11. The van der Waals surface area contributed by atoms with Gasteiger partial charge in [-0.2, -0.15) is 4.98 Å². The molecule has 1 aliphatic rings. The molecule has 1 atom stereocenters. The average Bonchev–Trinajstić information content (AvgIpc) is 2.38. The maximum Gasteiger partial charge on any atom is 0.354 e. The Bertz CT molecular complexity index is 675. The molecule has 1 heterocycles. The smallest absolute Gasteiger partial charge is 0.354 e. The van der Waals surface area contributed by atoms with Crippen LogP contribution < -0.4 is 11.4 Å². The van der Waals surface area contributed by atoms with E-state index in [2.05, 4.69) is 24.0 Å². The van der Waals surface area contributed by atoms with Gasteiger partial charge in [0.05, 0.1) is 5.69 Å². The van der Waals surface area contributed by atoms with Crippen molar-refractivity contribution in [1.82, 2.24) is 9.55 Å². The SMILES string of the molecule is CC1CCc2cc(-n3ccc(N)nc3=O)ccc2C1. The number of hydrogen-bond acceptors (Lipinski definition) is 3. The molecule has 0 aliphatic heterocycles. The first kappa shape index (κ1) is 12.0. The molecule has 19 heavy (non-hydrogen) atoms. The molecule has 1 aromatic heterocycles. The van der Waals surface area contributed by atoms with Gasteiger partial charge < -0.3 is 5.73 Å². The van der Waals surface area contributed by atoms with Gasteiger partial charge in [0, 0.05) is 6.20 Å². The first-order valence-electron chi connectivity index (χ1n) is 6.61. The Morgan fingerprint density at radius 3 is 2.95 bits per heavy atom. The molecule has 4 heteroatoms. The highest BCUT2D eigenvalue weighted by molar-refractivity contribution is 5.42. The van der Waals surface area contributed by atoms with Gasteiger partial charge in [-0.15, -0.1) is 0 Å². The van der Waals surface area contributed by atoms with Crippen LogP contribution in [0.1, 0.15) is 24.5 Å². The van der Waals surface area contributed by atoms with Gasteiger partial charge in [0.1, 0.15) is 5.82 Å². The second-order valence-electron chi connectivity index (χ2n) is 5.31. The standard InChI is InChI=1S/C15H17N3O/c1-10-2-3-12-9-13(5-4-11(12)8-10)18-7-6-14(16)17-15(18)19/h4-7,9-10H,2-3,8H2,1H3,(H2,16,17,19). The van der Waals surface area contributed by atoms with Crippen LogP contribution in [0.25, 0.3) is 5.69 Å². The third kappa shape index (κ3) is 2.26. The minimum atomic E-state index is -0.330. The molecule has 0 radical (unpaired) electrons. The van der Waals surface area contributed by atoms with Crippen LogP contribution in [0.4, 0.5) is 5.82 Å². The lowest BCUT2D eigenvalue weighted by molar-refractivity contribution is 0.501. The summed E-state index contributed by atoms with van der Waals surface area (Å²) in [5.41, 5.74) is 8.79. The first-order chi connectivity index (χ1) is 9.13. The van der Waals surface area contributed by atoms with E-state index < -0.39 is 0 Å². The van der Waals surface area contributed by atoms with Crippen LogP contribution in [-0.4, -0.2) is 9.55 Å². The van der Waals surface area contributed by atoms with Gasteiger partial charge in [-0.3, -0.25) is 4.57 Å². The summed E-state index contributed by atoms with van der Waals surface area (Å²) in [6, 6.07) is 7.85. The van der Waals surface area contributed by atoms with Crippen molar-refractivity contribution in [3.63, 3.8) is 0 Å². The van der Waals surface area contributed by atoms with Crippen LogP contribution in [0.3, 0.4) is 0 Å². The van der Waals surface area contributed by atoms with Crippen LogP contribution in [0.5, 0.6) is 0 Å². The van der Waals surface area contributed by atoms with Crippen LogP contribution >= 0.6 is 0 Å². The maximum absolute atomic E-state index is 11.8. The van der Waals surface area contributed by atoms with Crippen molar-refractivity contribution in [1.29, 1.82) is 0 Å². The van der Waals surface area contributed by atoms with E-state index >= 15 is 0 Å². The largest absolute Gasteiger partial charge is 0.383 e. The molecule has 0 spiro atoms. The molecule has 2 aromatic rings. The maximum atomic E-state index is 11.8. The van der Waals surface area contributed by atoms with Crippen LogP contribution in [-0.2, 0) is 12.8 Å². The van der Waals surface area contributed by atoms with Gasteiger partial charge in [0.2, 0.25) is 0 Å². The van der Waals surface area contributed by atoms with Crippen molar-refractivity contribution < 1.29 is 0 Å². The summed E-state index contributed by atoms with van der Waals surface area (Å²) < 4.78 is 1.54. The molecule has 4 nitrogen and oxygen atoms in total. The Kier molecular flexibility index (Phi) is 2.85. The number of rotatable bonds is 1. The molecule has 3 rings (SSSR count). The normalized spacial score (nSPS) is 18.1. The molecular weight excluding hydrogens is 238 g/mol. The van der Waals surface area contributed by atoms with Crippen LogP contribution in [0.15, 0.2) is 35.3 Å². The summed E-state index contributed by atoms with van der Waals surface area (Å²) >= 11 is 0. The Hall–Kier alpha value is -2.10. The predicted molar refractivity (Wildman–Crippen MR) is 75.4 cm³/mol. The highest BCUT2D eigenvalue weighted by Crippen LogP contribution is 2.26. The monoisotopic (exact) mass is 255 g/mol. The van der Waals surface area contributed by atoms with E-state index in [4.69, 9.17) is 5.73 Å². The highest BCUT2D eigenvalue weighted by atomic mass is 16.1. The number of nitrogens with zero attached hydrogens (tertiary/aromatic N) is 2. The topological polar surface area (TPSA) is 60.9 Å². The summed E-state index contributed by atoms with van der Waals surface area (Å²) in [6.45, 7) is 2.28.